The second-order valence-electron chi connectivity index (χ2n) is 4.14. The third kappa shape index (κ3) is 2.04. The first-order chi connectivity index (χ1) is 8.04. The Hall–Kier alpha value is -1.44. The van der Waals surface area contributed by atoms with E-state index in [9.17, 15) is 14.7 Å². The highest BCUT2D eigenvalue weighted by Crippen LogP contribution is 2.26. The number of aryl methyl sites for hydroxylation is 1. The van der Waals surface area contributed by atoms with Crippen LogP contribution in [0.2, 0.25) is 0 Å². The highest BCUT2D eigenvalue weighted by molar-refractivity contribution is 5.02. The van der Waals surface area contributed by atoms with Gasteiger partial charge < -0.3 is 14.9 Å². The lowest BCUT2D eigenvalue weighted by atomic mass is 10.1. The number of aliphatic hydroxyl groups excluding tert-OH is 2. The van der Waals surface area contributed by atoms with Crippen LogP contribution < -0.4 is 11.2 Å². The van der Waals surface area contributed by atoms with Crippen LogP contribution in [0.4, 0.5) is 0 Å². The summed E-state index contributed by atoms with van der Waals surface area (Å²) in [5.41, 5.74) is -0.742. The van der Waals surface area contributed by atoms with Crippen LogP contribution in [0.5, 0.6) is 0 Å². The van der Waals surface area contributed by atoms with Crippen molar-refractivity contribution in [2.24, 2.45) is 5.92 Å². The largest absolute Gasteiger partial charge is 0.396 e. The summed E-state index contributed by atoms with van der Waals surface area (Å²) in [7, 11) is 0. The lowest BCUT2D eigenvalue weighted by Crippen LogP contribution is -2.37. The van der Waals surface area contributed by atoms with Crippen LogP contribution in [-0.2, 0) is 4.74 Å². The van der Waals surface area contributed by atoms with Gasteiger partial charge in [0.1, 0.15) is 6.10 Å². The van der Waals surface area contributed by atoms with Crippen molar-refractivity contribution in [3.05, 3.63) is 32.6 Å². The van der Waals surface area contributed by atoms with E-state index in [4.69, 9.17) is 9.84 Å². The van der Waals surface area contributed by atoms with Crippen LogP contribution >= 0.6 is 0 Å². The number of nitrogens with zero attached hydrogens (tertiary/aromatic N) is 1. The maximum absolute atomic E-state index is 11.6. The molecule has 1 aliphatic rings. The molecular formula is C10H14N2O5. The monoisotopic (exact) mass is 242 g/mol. The number of hydrogen-bond acceptors (Lipinski definition) is 5. The minimum atomic E-state index is -0.969. The Bertz CT molecular complexity index is 520. The van der Waals surface area contributed by atoms with Crippen LogP contribution in [0.15, 0.2) is 15.8 Å². The van der Waals surface area contributed by atoms with Crippen LogP contribution in [0.3, 0.4) is 0 Å². The number of rotatable bonds is 2. The molecule has 0 spiro atoms. The molecule has 0 bridgehead atoms. The summed E-state index contributed by atoms with van der Waals surface area (Å²) in [5.74, 6) is -0.417. The van der Waals surface area contributed by atoms with Gasteiger partial charge >= 0.3 is 5.69 Å². The topological polar surface area (TPSA) is 105 Å². The molecule has 3 unspecified atom stereocenters. The number of aromatic amines is 1. The summed E-state index contributed by atoms with van der Waals surface area (Å²) < 4.78 is 6.40. The smallest absolute Gasteiger partial charge is 0.330 e. The molecule has 0 aliphatic carbocycles. The Labute approximate surface area is 96.3 Å². The van der Waals surface area contributed by atoms with Gasteiger partial charge in [-0.05, 0) is 6.92 Å². The van der Waals surface area contributed by atoms with E-state index in [1.807, 2.05) is 0 Å². The lowest BCUT2D eigenvalue weighted by molar-refractivity contribution is -0.0163. The van der Waals surface area contributed by atoms with E-state index < -0.39 is 29.5 Å². The molecule has 0 amide bonds. The summed E-state index contributed by atoms with van der Waals surface area (Å²) in [6.45, 7) is 1.52. The normalized spacial score (nSPS) is 28.5. The molecule has 3 atom stereocenters. The Balaban J connectivity index is 2.39. The van der Waals surface area contributed by atoms with Crippen molar-refractivity contribution >= 4 is 0 Å². The Morgan fingerprint density at radius 3 is 2.88 bits per heavy atom. The van der Waals surface area contributed by atoms with Crippen molar-refractivity contribution in [3.8, 4) is 0 Å². The van der Waals surface area contributed by atoms with Gasteiger partial charge in [0.2, 0.25) is 0 Å². The van der Waals surface area contributed by atoms with Crippen molar-refractivity contribution in [2.75, 3.05) is 13.2 Å². The number of nitrogens with one attached hydrogen (secondary N) is 1. The van der Waals surface area contributed by atoms with Crippen molar-refractivity contribution in [1.82, 2.24) is 9.55 Å². The first-order valence-electron chi connectivity index (χ1n) is 5.27. The number of H-pyrrole nitrogens is 1. The lowest BCUT2D eigenvalue weighted by Gasteiger charge is -2.18. The minimum Gasteiger partial charge on any atom is -0.396 e. The molecule has 1 aromatic heterocycles. The Kier molecular flexibility index (Phi) is 3.14. The van der Waals surface area contributed by atoms with Crippen LogP contribution in [0.25, 0.3) is 0 Å². The molecule has 94 valence electrons. The summed E-state index contributed by atoms with van der Waals surface area (Å²) in [4.78, 5) is 24.9. The van der Waals surface area contributed by atoms with Gasteiger partial charge in [0, 0.05) is 17.7 Å². The van der Waals surface area contributed by atoms with E-state index >= 15 is 0 Å². The molecular weight excluding hydrogens is 228 g/mol. The van der Waals surface area contributed by atoms with E-state index in [0.717, 1.165) is 4.57 Å². The zero-order valence-electron chi connectivity index (χ0n) is 9.29. The van der Waals surface area contributed by atoms with E-state index in [0.29, 0.717) is 5.56 Å². The molecule has 7 nitrogen and oxygen atoms in total. The zero-order valence-corrected chi connectivity index (χ0v) is 9.29. The first-order valence-corrected chi connectivity index (χ1v) is 5.27. The summed E-state index contributed by atoms with van der Waals surface area (Å²) in [6.07, 6.45) is -0.493. The van der Waals surface area contributed by atoms with E-state index in [1.165, 1.54) is 6.20 Å². The van der Waals surface area contributed by atoms with Crippen molar-refractivity contribution in [3.63, 3.8) is 0 Å². The molecule has 2 heterocycles. The van der Waals surface area contributed by atoms with E-state index in [-0.39, 0.29) is 13.2 Å². The summed E-state index contributed by atoms with van der Waals surface area (Å²) in [5, 5.41) is 18.8. The fourth-order valence-corrected chi connectivity index (χ4v) is 1.83. The van der Waals surface area contributed by atoms with Gasteiger partial charge in [-0.2, -0.15) is 0 Å². The molecule has 7 heteroatoms. The number of hydrogen-bond donors (Lipinski definition) is 3. The predicted molar refractivity (Wildman–Crippen MR) is 57.6 cm³/mol. The SMILES string of the molecule is Cc1cn(C2OCC(CO)C2O)c(=O)[nH]c1=O. The first kappa shape index (κ1) is 12.0. The van der Waals surface area contributed by atoms with Gasteiger partial charge in [-0.15, -0.1) is 0 Å². The minimum absolute atomic E-state index is 0.174. The maximum atomic E-state index is 11.6. The number of aliphatic hydroxyl groups is 2. The molecule has 3 N–H and O–H groups in total. The average Bonchev–Trinajstić information content (AvgIpc) is 2.65. The van der Waals surface area contributed by atoms with Gasteiger partial charge in [0.25, 0.3) is 5.56 Å². The fraction of sp³-hybridized carbons (Fsp3) is 0.600. The molecule has 17 heavy (non-hydrogen) atoms. The second kappa shape index (κ2) is 4.44. The van der Waals surface area contributed by atoms with Gasteiger partial charge in [-0.25, -0.2) is 4.79 Å². The highest BCUT2D eigenvalue weighted by Gasteiger charge is 2.37. The molecule has 1 aromatic rings. The third-order valence-corrected chi connectivity index (χ3v) is 2.91. The molecule has 0 aromatic carbocycles. The van der Waals surface area contributed by atoms with Crippen LogP contribution in [0.1, 0.15) is 11.8 Å². The standard InChI is InChI=1S/C10H14N2O5/c1-5-2-12(10(16)11-8(5)15)9-7(14)6(3-13)4-17-9/h2,6-7,9,13-14H,3-4H2,1H3,(H,11,15,16). The number of aromatic nitrogens is 2. The summed E-state index contributed by atoms with van der Waals surface area (Å²) in [6, 6.07) is 0. The quantitative estimate of drug-likeness (QED) is 0.576. The van der Waals surface area contributed by atoms with Crippen molar-refractivity contribution < 1.29 is 14.9 Å². The van der Waals surface area contributed by atoms with E-state index in [1.54, 1.807) is 6.92 Å². The molecule has 1 saturated heterocycles. The summed E-state index contributed by atoms with van der Waals surface area (Å²) >= 11 is 0. The van der Waals surface area contributed by atoms with Gasteiger partial charge in [-0.3, -0.25) is 14.3 Å². The molecule has 1 aliphatic heterocycles. The molecule has 0 radical (unpaired) electrons. The predicted octanol–water partition coefficient (Wildman–Crippen LogP) is -1.66. The maximum Gasteiger partial charge on any atom is 0.330 e. The van der Waals surface area contributed by atoms with Crippen LogP contribution in [-0.4, -0.2) is 39.1 Å². The van der Waals surface area contributed by atoms with Crippen molar-refractivity contribution in [2.45, 2.75) is 19.3 Å². The highest BCUT2D eigenvalue weighted by atomic mass is 16.5. The molecule has 0 saturated carbocycles. The van der Waals surface area contributed by atoms with Crippen molar-refractivity contribution in [1.29, 1.82) is 0 Å². The molecule has 1 fully saturated rings. The Morgan fingerprint density at radius 1 is 1.59 bits per heavy atom. The molecule has 2 rings (SSSR count). The zero-order chi connectivity index (χ0) is 12.6. The van der Waals surface area contributed by atoms with Gasteiger partial charge in [0.05, 0.1) is 13.2 Å². The number of ether oxygens (including phenoxy) is 1. The van der Waals surface area contributed by atoms with Gasteiger partial charge in [0.15, 0.2) is 6.23 Å². The van der Waals surface area contributed by atoms with Gasteiger partial charge in [-0.1, -0.05) is 0 Å². The third-order valence-electron chi connectivity index (χ3n) is 2.91. The van der Waals surface area contributed by atoms with E-state index in [2.05, 4.69) is 4.98 Å². The average molecular weight is 242 g/mol. The Morgan fingerprint density at radius 2 is 2.29 bits per heavy atom. The van der Waals surface area contributed by atoms with Crippen LogP contribution in [0, 0.1) is 12.8 Å². The second-order valence-corrected chi connectivity index (χ2v) is 4.14. The fourth-order valence-electron chi connectivity index (χ4n) is 1.83.